The minimum Gasteiger partial charge on any atom is -0.481 e. The molecule has 0 radical (unpaired) electrons. The molecular weight excluding hydrogens is 320 g/mol. The van der Waals surface area contributed by atoms with Crippen LogP contribution in [0.4, 0.5) is 0 Å². The third kappa shape index (κ3) is 3.87. The van der Waals surface area contributed by atoms with Crippen molar-refractivity contribution in [3.05, 3.63) is 0 Å². The summed E-state index contributed by atoms with van der Waals surface area (Å²) in [4.78, 5) is 11.4. The van der Waals surface area contributed by atoms with E-state index < -0.39 is 21.6 Å². The predicted molar refractivity (Wildman–Crippen MR) is 86.3 cm³/mol. The number of carboxylic acid groups (broad SMARTS) is 1. The van der Waals surface area contributed by atoms with Crippen LogP contribution in [0.3, 0.4) is 0 Å². The maximum Gasteiger partial charge on any atom is 0.303 e. The zero-order valence-corrected chi connectivity index (χ0v) is 14.8. The molecule has 2 atom stereocenters. The molecule has 0 amide bonds. The molecule has 1 saturated heterocycles. The van der Waals surface area contributed by atoms with E-state index in [0.29, 0.717) is 19.7 Å². The van der Waals surface area contributed by atoms with E-state index in [9.17, 15) is 18.3 Å². The van der Waals surface area contributed by atoms with Crippen LogP contribution in [0.1, 0.15) is 44.9 Å². The summed E-state index contributed by atoms with van der Waals surface area (Å²) in [5.41, 5.74) is -0.405. The molecule has 1 heterocycles. The summed E-state index contributed by atoms with van der Waals surface area (Å²) < 4.78 is 33.7. The molecule has 1 aliphatic heterocycles. The zero-order valence-electron chi connectivity index (χ0n) is 14.0. The molecule has 134 valence electrons. The van der Waals surface area contributed by atoms with Gasteiger partial charge in [-0.15, -0.1) is 0 Å². The van der Waals surface area contributed by atoms with Crippen LogP contribution in [0.2, 0.25) is 0 Å². The second kappa shape index (κ2) is 7.46. The molecule has 0 unspecified atom stereocenters. The van der Waals surface area contributed by atoms with Gasteiger partial charge in [-0.25, -0.2) is 0 Å². The van der Waals surface area contributed by atoms with E-state index in [-0.39, 0.29) is 12.5 Å². The maximum absolute atomic E-state index is 12.9. The number of carbonyl (C=O) groups is 1. The number of piperidine rings is 1. The largest absolute Gasteiger partial charge is 0.481 e. The van der Waals surface area contributed by atoms with Crippen molar-refractivity contribution in [1.29, 1.82) is 0 Å². The first-order chi connectivity index (χ1) is 10.8. The first-order valence-electron chi connectivity index (χ1n) is 8.27. The van der Waals surface area contributed by atoms with Gasteiger partial charge in [0, 0.05) is 33.3 Å². The van der Waals surface area contributed by atoms with Gasteiger partial charge in [0.1, 0.15) is 0 Å². The van der Waals surface area contributed by atoms with Gasteiger partial charge in [0.25, 0.3) is 10.2 Å². The lowest BCUT2D eigenvalue weighted by molar-refractivity contribution is -0.142. The number of rotatable bonds is 7. The molecular formula is C15H28N2O5S. The smallest absolute Gasteiger partial charge is 0.303 e. The average molecular weight is 348 g/mol. The normalized spacial score (nSPS) is 29.4. The van der Waals surface area contributed by atoms with Gasteiger partial charge in [-0.05, 0) is 31.1 Å². The lowest BCUT2D eigenvalue weighted by Gasteiger charge is -2.52. The maximum atomic E-state index is 12.9. The highest BCUT2D eigenvalue weighted by molar-refractivity contribution is 7.86. The molecule has 2 fully saturated rings. The molecule has 2 aliphatic rings. The molecule has 23 heavy (non-hydrogen) atoms. The van der Waals surface area contributed by atoms with E-state index in [1.165, 1.54) is 4.31 Å². The molecule has 1 saturated carbocycles. The number of nitrogens with zero attached hydrogens (tertiary/aromatic N) is 2. The van der Waals surface area contributed by atoms with Gasteiger partial charge >= 0.3 is 5.97 Å². The van der Waals surface area contributed by atoms with Crippen molar-refractivity contribution >= 4 is 16.2 Å². The Balaban J connectivity index is 2.26. The number of aliphatic carboxylic acids is 1. The third-order valence-electron chi connectivity index (χ3n) is 5.31. The fraction of sp³-hybridized carbons (Fsp3) is 0.933. The number of carboxylic acids is 1. The van der Waals surface area contributed by atoms with E-state index in [1.807, 2.05) is 0 Å². The number of hydrogen-bond donors (Lipinski definition) is 1. The summed E-state index contributed by atoms with van der Waals surface area (Å²) in [6.45, 7) is 1.12. The van der Waals surface area contributed by atoms with E-state index >= 15 is 0 Å². The Bertz CT molecular complexity index is 520. The first-order valence-corrected chi connectivity index (χ1v) is 9.67. The van der Waals surface area contributed by atoms with Crippen molar-refractivity contribution < 1.29 is 23.1 Å². The molecule has 7 nitrogen and oxygen atoms in total. The highest BCUT2D eigenvalue weighted by Crippen LogP contribution is 2.49. The SMILES string of the molecule is COCCN(C)S(=O)(=O)N1CCC[C@@]2(CC(=O)O)CCCC[C@@H]12. The van der Waals surface area contributed by atoms with Crippen LogP contribution in [0.5, 0.6) is 0 Å². The fourth-order valence-electron chi connectivity index (χ4n) is 4.16. The highest BCUT2D eigenvalue weighted by atomic mass is 32.2. The number of methoxy groups -OCH3 is 1. The van der Waals surface area contributed by atoms with Gasteiger partial charge in [-0.1, -0.05) is 12.8 Å². The standard InChI is InChI=1S/C15H28N2O5S/c1-16(10-11-22-2)23(20,21)17-9-5-8-15(12-14(18)19)7-4-3-6-13(15)17/h13H,3-12H2,1-2H3,(H,18,19)/t13-,15-/m1/s1. The Morgan fingerprint density at radius 1 is 1.35 bits per heavy atom. The van der Waals surface area contributed by atoms with E-state index in [1.54, 1.807) is 18.5 Å². The molecule has 0 bridgehead atoms. The topological polar surface area (TPSA) is 87.2 Å². The van der Waals surface area contributed by atoms with Gasteiger partial charge in [0.05, 0.1) is 13.0 Å². The molecule has 0 spiro atoms. The van der Waals surface area contributed by atoms with E-state index in [0.717, 1.165) is 38.5 Å². The van der Waals surface area contributed by atoms with Crippen molar-refractivity contribution in [3.8, 4) is 0 Å². The van der Waals surface area contributed by atoms with Crippen molar-refractivity contribution in [1.82, 2.24) is 8.61 Å². The van der Waals surface area contributed by atoms with Crippen molar-refractivity contribution in [2.45, 2.75) is 51.0 Å². The molecule has 1 aliphatic carbocycles. The van der Waals surface area contributed by atoms with Crippen molar-refractivity contribution in [2.75, 3.05) is 33.9 Å². The number of likely N-dealkylation sites (N-methyl/N-ethyl adjacent to an activating group) is 1. The van der Waals surface area contributed by atoms with Crippen LogP contribution in [-0.2, 0) is 19.7 Å². The summed E-state index contributed by atoms with van der Waals surface area (Å²) >= 11 is 0. The second-order valence-electron chi connectivity index (χ2n) is 6.73. The zero-order chi connectivity index (χ0) is 17.1. The quantitative estimate of drug-likeness (QED) is 0.749. The minimum absolute atomic E-state index is 0.0610. The summed E-state index contributed by atoms with van der Waals surface area (Å²) in [6.07, 6.45) is 5.09. The molecule has 8 heteroatoms. The third-order valence-corrected chi connectivity index (χ3v) is 7.31. The summed E-state index contributed by atoms with van der Waals surface area (Å²) in [5.74, 6) is -0.830. The predicted octanol–water partition coefficient (Wildman–Crippen LogP) is 1.31. The van der Waals surface area contributed by atoms with E-state index in [4.69, 9.17) is 4.74 Å². The van der Waals surface area contributed by atoms with Gasteiger partial charge < -0.3 is 9.84 Å². The fourth-order valence-corrected chi connectivity index (χ4v) is 5.83. The lowest BCUT2D eigenvalue weighted by Crippen LogP contribution is -2.59. The van der Waals surface area contributed by atoms with Gasteiger partial charge in [-0.3, -0.25) is 4.79 Å². The van der Waals surface area contributed by atoms with Crippen LogP contribution in [0.25, 0.3) is 0 Å². The van der Waals surface area contributed by atoms with Crippen LogP contribution in [0, 0.1) is 5.41 Å². The van der Waals surface area contributed by atoms with Crippen LogP contribution < -0.4 is 0 Å². The molecule has 1 N–H and O–H groups in total. The van der Waals surface area contributed by atoms with E-state index in [2.05, 4.69) is 0 Å². The Kier molecular flexibility index (Phi) is 6.05. The highest BCUT2D eigenvalue weighted by Gasteiger charge is 2.50. The van der Waals surface area contributed by atoms with Gasteiger partial charge in [0.2, 0.25) is 0 Å². The second-order valence-corrected chi connectivity index (χ2v) is 8.72. The molecule has 2 rings (SSSR count). The first kappa shape index (κ1) is 18.6. The summed E-state index contributed by atoms with van der Waals surface area (Å²) in [6, 6.07) is -0.198. The number of fused-ring (bicyclic) bond motifs is 1. The van der Waals surface area contributed by atoms with Gasteiger partial charge in [-0.2, -0.15) is 17.0 Å². The van der Waals surface area contributed by atoms with Crippen LogP contribution in [0.15, 0.2) is 0 Å². The van der Waals surface area contributed by atoms with Crippen LogP contribution >= 0.6 is 0 Å². The summed E-state index contributed by atoms with van der Waals surface area (Å²) in [7, 11) is -0.483. The van der Waals surface area contributed by atoms with Gasteiger partial charge in [0.15, 0.2) is 0 Å². The Morgan fingerprint density at radius 2 is 2.04 bits per heavy atom. The molecule has 0 aromatic heterocycles. The lowest BCUT2D eigenvalue weighted by atomic mass is 9.64. The van der Waals surface area contributed by atoms with Crippen molar-refractivity contribution in [3.63, 3.8) is 0 Å². The Morgan fingerprint density at radius 3 is 2.70 bits per heavy atom. The summed E-state index contributed by atoms with van der Waals surface area (Å²) in [5, 5.41) is 9.32. The number of hydrogen-bond acceptors (Lipinski definition) is 4. The molecule has 0 aromatic rings. The minimum atomic E-state index is -3.58. The number of ether oxygens (including phenoxy) is 1. The monoisotopic (exact) mass is 348 g/mol. The molecule has 0 aromatic carbocycles. The van der Waals surface area contributed by atoms with Crippen molar-refractivity contribution in [2.24, 2.45) is 5.41 Å². The average Bonchev–Trinajstić information content (AvgIpc) is 2.50. The van der Waals surface area contributed by atoms with Crippen LogP contribution in [-0.4, -0.2) is 68.0 Å². The Labute approximate surface area is 138 Å². The Hall–Kier alpha value is -0.700.